The molecule has 146 valence electrons. The van der Waals surface area contributed by atoms with Crippen molar-refractivity contribution in [3.8, 4) is 11.1 Å². The van der Waals surface area contributed by atoms with Crippen molar-refractivity contribution in [2.24, 2.45) is 0 Å². The van der Waals surface area contributed by atoms with Gasteiger partial charge in [-0.25, -0.2) is 15.0 Å². The Bertz CT molecular complexity index is 1160. The number of rotatable bonds is 3. The maximum Gasteiger partial charge on any atom is 0.159 e. The predicted molar refractivity (Wildman–Crippen MR) is 110 cm³/mol. The van der Waals surface area contributed by atoms with E-state index in [2.05, 4.69) is 44.9 Å². The van der Waals surface area contributed by atoms with Gasteiger partial charge in [0.05, 0.1) is 23.7 Å². The molecular formula is C23H22N4O2. The Labute approximate surface area is 168 Å². The molecule has 2 aromatic carbocycles. The Morgan fingerprint density at radius 1 is 1.03 bits per heavy atom. The van der Waals surface area contributed by atoms with Crippen LogP contribution in [0.1, 0.15) is 37.1 Å². The Hall–Kier alpha value is -3.09. The Morgan fingerprint density at radius 3 is 2.52 bits per heavy atom. The number of nitrogens with zero attached hydrogens (tertiary/aromatic N) is 4. The van der Waals surface area contributed by atoms with E-state index in [9.17, 15) is 5.11 Å². The normalized spacial score (nSPS) is 16.7. The highest BCUT2D eigenvalue weighted by atomic mass is 16.5. The van der Waals surface area contributed by atoms with E-state index >= 15 is 0 Å². The summed E-state index contributed by atoms with van der Waals surface area (Å²) in [5.74, 6) is 1.34. The molecular weight excluding hydrogens is 364 g/mol. The molecule has 0 aliphatic carbocycles. The van der Waals surface area contributed by atoms with E-state index in [1.807, 2.05) is 18.2 Å². The minimum Gasteiger partial charge on any atom is -0.382 e. The molecule has 6 heteroatoms. The van der Waals surface area contributed by atoms with E-state index in [1.165, 1.54) is 5.56 Å². The number of hydrogen-bond acceptors (Lipinski definition) is 5. The van der Waals surface area contributed by atoms with E-state index in [0.29, 0.717) is 19.0 Å². The molecule has 0 radical (unpaired) electrons. The summed E-state index contributed by atoms with van der Waals surface area (Å²) < 4.78 is 8.11. The molecule has 0 bridgehead atoms. The quantitative estimate of drug-likeness (QED) is 0.579. The van der Waals surface area contributed by atoms with Gasteiger partial charge in [0.2, 0.25) is 0 Å². The second kappa shape index (κ2) is 6.76. The van der Waals surface area contributed by atoms with Gasteiger partial charge in [-0.1, -0.05) is 36.4 Å². The zero-order valence-corrected chi connectivity index (χ0v) is 16.4. The minimum atomic E-state index is -1.06. The van der Waals surface area contributed by atoms with Crippen LogP contribution in [0.2, 0.25) is 0 Å². The Balaban J connectivity index is 1.61. The van der Waals surface area contributed by atoms with E-state index in [4.69, 9.17) is 9.72 Å². The molecule has 1 aliphatic heterocycles. The lowest BCUT2D eigenvalue weighted by atomic mass is 10.0. The molecule has 5 rings (SSSR count). The van der Waals surface area contributed by atoms with Crippen LogP contribution in [0.25, 0.3) is 22.2 Å². The maximum absolute atomic E-state index is 10.1. The largest absolute Gasteiger partial charge is 0.382 e. The van der Waals surface area contributed by atoms with Gasteiger partial charge in [-0.05, 0) is 37.1 Å². The van der Waals surface area contributed by atoms with Crippen LogP contribution in [0.3, 0.4) is 0 Å². The van der Waals surface area contributed by atoms with Gasteiger partial charge in [-0.3, -0.25) is 0 Å². The zero-order valence-electron chi connectivity index (χ0n) is 16.4. The molecule has 1 atom stereocenters. The Kier molecular flexibility index (Phi) is 4.19. The summed E-state index contributed by atoms with van der Waals surface area (Å²) >= 11 is 0. The first kappa shape index (κ1) is 18.0. The van der Waals surface area contributed by atoms with Crippen molar-refractivity contribution in [2.75, 3.05) is 6.61 Å². The number of fused-ring (bicyclic) bond motifs is 3. The van der Waals surface area contributed by atoms with Gasteiger partial charge < -0.3 is 14.4 Å². The van der Waals surface area contributed by atoms with Crippen LogP contribution in [0.4, 0.5) is 0 Å². The molecule has 1 unspecified atom stereocenters. The number of ether oxygens (including phenoxy) is 1. The first-order chi connectivity index (χ1) is 14.0. The summed E-state index contributed by atoms with van der Waals surface area (Å²) in [5, 5.41) is 10.1. The summed E-state index contributed by atoms with van der Waals surface area (Å²) in [7, 11) is 0. The van der Waals surface area contributed by atoms with Gasteiger partial charge in [-0.2, -0.15) is 0 Å². The number of imidazole rings is 1. The average molecular weight is 386 g/mol. The van der Waals surface area contributed by atoms with Gasteiger partial charge >= 0.3 is 0 Å². The van der Waals surface area contributed by atoms with Gasteiger partial charge in [0, 0.05) is 18.0 Å². The lowest BCUT2D eigenvalue weighted by molar-refractivity contribution is 0.0679. The standard InChI is InChI=1S/C23H22N4O2/c1-23(2,28)22-24-11-17(12-25-22)16-8-9-18-19(10-16)27-20(13-29-14-21(27)26-18)15-6-4-3-5-7-15/h3-12,20,28H,13-14H2,1-2H3. The van der Waals surface area contributed by atoms with Crippen molar-refractivity contribution < 1.29 is 9.84 Å². The highest BCUT2D eigenvalue weighted by Gasteiger charge is 2.25. The number of aromatic nitrogens is 4. The molecule has 4 aromatic rings. The number of hydrogen-bond donors (Lipinski definition) is 1. The van der Waals surface area contributed by atoms with Crippen LogP contribution >= 0.6 is 0 Å². The van der Waals surface area contributed by atoms with Crippen molar-refractivity contribution in [3.63, 3.8) is 0 Å². The molecule has 2 aromatic heterocycles. The summed E-state index contributed by atoms with van der Waals surface area (Å²) in [5.41, 5.74) is 4.08. The highest BCUT2D eigenvalue weighted by molar-refractivity contribution is 5.82. The van der Waals surface area contributed by atoms with E-state index < -0.39 is 5.60 Å². The average Bonchev–Trinajstić information content (AvgIpc) is 3.12. The molecule has 0 saturated heterocycles. The van der Waals surface area contributed by atoms with Crippen molar-refractivity contribution in [1.29, 1.82) is 0 Å². The first-order valence-corrected chi connectivity index (χ1v) is 9.69. The molecule has 29 heavy (non-hydrogen) atoms. The molecule has 0 saturated carbocycles. The summed E-state index contributed by atoms with van der Waals surface area (Å²) in [6.07, 6.45) is 3.51. The summed E-state index contributed by atoms with van der Waals surface area (Å²) in [6, 6.07) is 16.7. The van der Waals surface area contributed by atoms with E-state index in [0.717, 1.165) is 28.0 Å². The molecule has 3 heterocycles. The maximum atomic E-state index is 10.1. The van der Waals surface area contributed by atoms with Crippen LogP contribution in [-0.4, -0.2) is 31.2 Å². The lowest BCUT2D eigenvalue weighted by Crippen LogP contribution is -2.24. The number of aliphatic hydroxyl groups is 1. The molecule has 1 N–H and O–H groups in total. The second-order valence-electron chi connectivity index (χ2n) is 7.90. The zero-order chi connectivity index (χ0) is 20.0. The van der Waals surface area contributed by atoms with Crippen molar-refractivity contribution in [1.82, 2.24) is 19.5 Å². The molecule has 0 fully saturated rings. The third-order valence-corrected chi connectivity index (χ3v) is 5.30. The first-order valence-electron chi connectivity index (χ1n) is 9.69. The van der Waals surface area contributed by atoms with E-state index in [-0.39, 0.29) is 6.04 Å². The predicted octanol–water partition coefficient (Wildman–Crippen LogP) is 3.84. The summed E-state index contributed by atoms with van der Waals surface area (Å²) in [4.78, 5) is 13.5. The molecule has 1 aliphatic rings. The lowest BCUT2D eigenvalue weighted by Gasteiger charge is -2.26. The molecule has 0 amide bonds. The number of benzene rings is 2. The van der Waals surface area contributed by atoms with Gasteiger partial charge in [0.1, 0.15) is 18.0 Å². The van der Waals surface area contributed by atoms with Gasteiger partial charge in [-0.15, -0.1) is 0 Å². The van der Waals surface area contributed by atoms with Crippen LogP contribution in [0.15, 0.2) is 60.9 Å². The minimum absolute atomic E-state index is 0.0917. The molecule has 6 nitrogen and oxygen atoms in total. The third kappa shape index (κ3) is 3.20. The Morgan fingerprint density at radius 2 is 1.79 bits per heavy atom. The summed E-state index contributed by atoms with van der Waals surface area (Å²) in [6.45, 7) is 4.49. The smallest absolute Gasteiger partial charge is 0.159 e. The van der Waals surface area contributed by atoms with Gasteiger partial charge in [0.25, 0.3) is 0 Å². The van der Waals surface area contributed by atoms with Crippen LogP contribution in [0, 0.1) is 0 Å². The van der Waals surface area contributed by atoms with Crippen LogP contribution in [0.5, 0.6) is 0 Å². The fourth-order valence-electron chi connectivity index (χ4n) is 3.82. The highest BCUT2D eigenvalue weighted by Crippen LogP contribution is 2.32. The second-order valence-corrected chi connectivity index (χ2v) is 7.90. The third-order valence-electron chi connectivity index (χ3n) is 5.30. The molecule has 0 spiro atoms. The fraction of sp³-hybridized carbons (Fsp3) is 0.261. The van der Waals surface area contributed by atoms with E-state index in [1.54, 1.807) is 26.2 Å². The fourth-order valence-corrected chi connectivity index (χ4v) is 3.82. The van der Waals surface area contributed by atoms with Gasteiger partial charge in [0.15, 0.2) is 5.82 Å². The van der Waals surface area contributed by atoms with Crippen LogP contribution in [-0.2, 0) is 16.9 Å². The SMILES string of the molecule is CC(C)(O)c1ncc(-c2ccc3nc4n(c3c2)C(c2ccccc2)COC4)cn1. The van der Waals surface area contributed by atoms with Crippen LogP contribution < -0.4 is 0 Å². The van der Waals surface area contributed by atoms with Crippen molar-refractivity contribution >= 4 is 11.0 Å². The topological polar surface area (TPSA) is 73.1 Å². The monoisotopic (exact) mass is 386 g/mol. The van der Waals surface area contributed by atoms with Crippen molar-refractivity contribution in [2.45, 2.75) is 32.1 Å². The van der Waals surface area contributed by atoms with Crippen molar-refractivity contribution in [3.05, 3.63) is 78.1 Å².